The molecule has 14 heavy (non-hydrogen) atoms. The van der Waals surface area contributed by atoms with Gasteiger partial charge in [-0.05, 0) is 19.9 Å². The van der Waals surface area contributed by atoms with E-state index in [4.69, 9.17) is 10.5 Å². The van der Waals surface area contributed by atoms with Gasteiger partial charge in [-0.25, -0.2) is 8.78 Å². The Morgan fingerprint density at radius 1 is 1.21 bits per heavy atom. The van der Waals surface area contributed by atoms with E-state index >= 15 is 0 Å². The minimum Gasteiger partial charge on any atom is -0.494 e. The van der Waals surface area contributed by atoms with Gasteiger partial charge in [0, 0.05) is 17.2 Å². The normalized spacial score (nSPS) is 11.6. The van der Waals surface area contributed by atoms with Crippen LogP contribution in [0.1, 0.15) is 19.4 Å². The van der Waals surface area contributed by atoms with E-state index in [1.807, 2.05) is 0 Å². The van der Waals surface area contributed by atoms with Crippen LogP contribution in [0.4, 0.5) is 8.78 Å². The first-order valence-electron chi connectivity index (χ1n) is 4.18. The van der Waals surface area contributed by atoms with Crippen molar-refractivity contribution in [2.24, 2.45) is 5.73 Å². The van der Waals surface area contributed by atoms with Crippen LogP contribution in [0.2, 0.25) is 0 Å². The van der Waals surface area contributed by atoms with Gasteiger partial charge in [0.1, 0.15) is 5.82 Å². The molecule has 0 aliphatic rings. The number of hydrogen-bond donors (Lipinski definition) is 1. The number of methoxy groups -OCH3 is 1. The van der Waals surface area contributed by atoms with Crippen molar-refractivity contribution in [1.29, 1.82) is 0 Å². The molecule has 0 aliphatic heterocycles. The number of halogens is 2. The fourth-order valence-electron chi connectivity index (χ4n) is 1.18. The lowest BCUT2D eigenvalue weighted by Gasteiger charge is -2.20. The van der Waals surface area contributed by atoms with Gasteiger partial charge < -0.3 is 10.5 Å². The second-order valence-electron chi connectivity index (χ2n) is 3.69. The summed E-state index contributed by atoms with van der Waals surface area (Å²) in [5, 5.41) is 0. The van der Waals surface area contributed by atoms with Gasteiger partial charge in [0.2, 0.25) is 0 Å². The van der Waals surface area contributed by atoms with E-state index in [0.717, 1.165) is 6.07 Å². The molecule has 0 spiro atoms. The highest BCUT2D eigenvalue weighted by atomic mass is 19.1. The molecule has 1 rings (SSSR count). The number of ether oxygens (including phenoxy) is 1. The van der Waals surface area contributed by atoms with Crippen molar-refractivity contribution in [3.63, 3.8) is 0 Å². The first kappa shape index (κ1) is 10.9. The van der Waals surface area contributed by atoms with Crippen molar-refractivity contribution in [2.75, 3.05) is 7.11 Å². The first-order valence-corrected chi connectivity index (χ1v) is 4.18. The molecule has 0 saturated carbocycles. The lowest BCUT2D eigenvalue weighted by Crippen LogP contribution is -2.30. The molecule has 0 fully saturated rings. The second kappa shape index (κ2) is 3.53. The van der Waals surface area contributed by atoms with E-state index < -0.39 is 17.2 Å². The van der Waals surface area contributed by atoms with Gasteiger partial charge in [-0.2, -0.15) is 0 Å². The molecular formula is C10H13F2NO. The Morgan fingerprint density at radius 3 is 2.21 bits per heavy atom. The monoisotopic (exact) mass is 201 g/mol. The topological polar surface area (TPSA) is 35.2 Å². The zero-order valence-electron chi connectivity index (χ0n) is 8.40. The molecule has 2 N–H and O–H groups in total. The van der Waals surface area contributed by atoms with Gasteiger partial charge in [0.15, 0.2) is 11.6 Å². The molecule has 0 radical (unpaired) electrons. The summed E-state index contributed by atoms with van der Waals surface area (Å²) in [7, 11) is 1.32. The average Bonchev–Trinajstić information content (AvgIpc) is 2.02. The van der Waals surface area contributed by atoms with Crippen LogP contribution in [-0.4, -0.2) is 7.11 Å². The van der Waals surface area contributed by atoms with Gasteiger partial charge in [0.25, 0.3) is 0 Å². The molecule has 78 valence electrons. The van der Waals surface area contributed by atoms with Crippen LogP contribution in [0.15, 0.2) is 12.1 Å². The predicted octanol–water partition coefficient (Wildman–Crippen LogP) is 2.17. The standard InChI is InChI=1S/C10H13F2NO/c1-10(2,13)6-4-9(14-3)8(12)5-7(6)11/h4-5H,13H2,1-3H3. The Bertz CT molecular complexity index is 345. The molecule has 0 amide bonds. The Labute approximate surface area is 81.7 Å². The highest BCUT2D eigenvalue weighted by molar-refractivity contribution is 5.35. The molecule has 0 heterocycles. The van der Waals surface area contributed by atoms with Crippen LogP contribution in [0.25, 0.3) is 0 Å². The lowest BCUT2D eigenvalue weighted by atomic mass is 9.95. The van der Waals surface area contributed by atoms with Crippen LogP contribution >= 0.6 is 0 Å². The van der Waals surface area contributed by atoms with Crippen molar-refractivity contribution in [3.8, 4) is 5.75 Å². The minimum atomic E-state index is -0.856. The first-order chi connectivity index (χ1) is 6.36. The third-order valence-corrected chi connectivity index (χ3v) is 1.94. The highest BCUT2D eigenvalue weighted by Crippen LogP contribution is 2.27. The van der Waals surface area contributed by atoms with Crippen LogP contribution in [-0.2, 0) is 5.54 Å². The molecule has 4 heteroatoms. The van der Waals surface area contributed by atoms with E-state index in [1.54, 1.807) is 13.8 Å². The lowest BCUT2D eigenvalue weighted by molar-refractivity contribution is 0.379. The summed E-state index contributed by atoms with van der Waals surface area (Å²) >= 11 is 0. The van der Waals surface area contributed by atoms with E-state index in [9.17, 15) is 8.78 Å². The molecule has 1 aromatic rings. The third kappa shape index (κ3) is 2.01. The molecule has 0 aliphatic carbocycles. The number of hydrogen-bond acceptors (Lipinski definition) is 2. The molecule has 1 aromatic carbocycles. The van der Waals surface area contributed by atoms with Gasteiger partial charge >= 0.3 is 0 Å². The van der Waals surface area contributed by atoms with Gasteiger partial charge in [0.05, 0.1) is 7.11 Å². The maximum Gasteiger partial charge on any atom is 0.167 e. The number of benzene rings is 1. The van der Waals surface area contributed by atoms with Crippen molar-refractivity contribution >= 4 is 0 Å². The quantitative estimate of drug-likeness (QED) is 0.795. The largest absolute Gasteiger partial charge is 0.494 e. The Balaban J connectivity index is 3.32. The van der Waals surface area contributed by atoms with Crippen LogP contribution < -0.4 is 10.5 Å². The van der Waals surface area contributed by atoms with E-state index in [1.165, 1.54) is 13.2 Å². The van der Waals surface area contributed by atoms with Crippen LogP contribution in [0.3, 0.4) is 0 Å². The highest BCUT2D eigenvalue weighted by Gasteiger charge is 2.21. The van der Waals surface area contributed by atoms with Crippen molar-refractivity contribution in [2.45, 2.75) is 19.4 Å². The second-order valence-corrected chi connectivity index (χ2v) is 3.69. The minimum absolute atomic E-state index is 0.0000694. The maximum atomic E-state index is 13.3. The van der Waals surface area contributed by atoms with Crippen molar-refractivity contribution in [3.05, 3.63) is 29.3 Å². The summed E-state index contributed by atoms with van der Waals surface area (Å²) in [5.41, 5.74) is 5.09. The van der Waals surface area contributed by atoms with Crippen molar-refractivity contribution in [1.82, 2.24) is 0 Å². The summed E-state index contributed by atoms with van der Waals surface area (Å²) in [5.74, 6) is -1.38. The zero-order chi connectivity index (χ0) is 10.9. The summed E-state index contributed by atoms with van der Waals surface area (Å²) in [6.07, 6.45) is 0. The van der Waals surface area contributed by atoms with Gasteiger partial charge in [-0.3, -0.25) is 0 Å². The SMILES string of the molecule is COc1cc(C(C)(C)N)c(F)cc1F. The Kier molecular flexibility index (Phi) is 2.76. The molecule has 0 bridgehead atoms. The molecular weight excluding hydrogens is 188 g/mol. The summed E-state index contributed by atoms with van der Waals surface area (Å²) in [6, 6.07) is 2.06. The molecule has 0 unspecified atom stereocenters. The Hall–Kier alpha value is -1.16. The fraction of sp³-hybridized carbons (Fsp3) is 0.400. The predicted molar refractivity (Wildman–Crippen MR) is 50.1 cm³/mol. The molecule has 2 nitrogen and oxygen atoms in total. The van der Waals surface area contributed by atoms with E-state index in [0.29, 0.717) is 0 Å². The maximum absolute atomic E-state index is 13.3. The van der Waals surface area contributed by atoms with Gasteiger partial charge in [-0.15, -0.1) is 0 Å². The van der Waals surface area contributed by atoms with E-state index in [2.05, 4.69) is 0 Å². The molecule has 0 aromatic heterocycles. The van der Waals surface area contributed by atoms with Crippen molar-refractivity contribution < 1.29 is 13.5 Å². The smallest absolute Gasteiger partial charge is 0.167 e. The fourth-order valence-corrected chi connectivity index (χ4v) is 1.18. The Morgan fingerprint density at radius 2 is 1.79 bits per heavy atom. The summed E-state index contributed by atoms with van der Waals surface area (Å²) in [6.45, 7) is 3.28. The number of rotatable bonds is 2. The third-order valence-electron chi connectivity index (χ3n) is 1.94. The van der Waals surface area contributed by atoms with E-state index in [-0.39, 0.29) is 11.3 Å². The van der Waals surface area contributed by atoms with Gasteiger partial charge in [-0.1, -0.05) is 0 Å². The zero-order valence-corrected chi connectivity index (χ0v) is 8.40. The summed E-state index contributed by atoms with van der Waals surface area (Å²) < 4.78 is 31.0. The number of nitrogens with two attached hydrogens (primary N) is 1. The van der Waals surface area contributed by atoms with Crippen LogP contribution in [0, 0.1) is 11.6 Å². The average molecular weight is 201 g/mol. The van der Waals surface area contributed by atoms with Crippen LogP contribution in [0.5, 0.6) is 5.75 Å². The molecule has 0 atom stereocenters. The summed E-state index contributed by atoms with van der Waals surface area (Å²) in [4.78, 5) is 0. The molecule has 0 saturated heterocycles.